The fraction of sp³-hybridized carbons (Fsp3) is 0.158. The smallest absolute Gasteiger partial charge is 0.342 e. The lowest BCUT2D eigenvalue weighted by atomic mass is 10.2. The summed E-state index contributed by atoms with van der Waals surface area (Å²) in [6, 6.07) is 9.39. The SMILES string of the molecule is Cc1c(C(=O)OCC(=O)Nc2ccc(S(=O)(=O)C(F)F)cc2)cnn1-c1ccccn1. The highest BCUT2D eigenvalue weighted by molar-refractivity contribution is 7.91. The van der Waals surface area contributed by atoms with Crippen molar-refractivity contribution in [1.82, 2.24) is 14.8 Å². The molecule has 1 N–H and O–H groups in total. The summed E-state index contributed by atoms with van der Waals surface area (Å²) in [5.41, 5.74) is 0.772. The number of hydrogen-bond acceptors (Lipinski definition) is 7. The third-order valence-electron chi connectivity index (χ3n) is 4.13. The van der Waals surface area contributed by atoms with Gasteiger partial charge in [0.05, 0.1) is 16.8 Å². The van der Waals surface area contributed by atoms with Crippen molar-refractivity contribution in [2.24, 2.45) is 0 Å². The highest BCUT2D eigenvalue weighted by Gasteiger charge is 2.26. The van der Waals surface area contributed by atoms with Crippen LogP contribution in [0.3, 0.4) is 0 Å². The number of rotatable bonds is 7. The van der Waals surface area contributed by atoms with E-state index in [1.54, 1.807) is 31.3 Å². The van der Waals surface area contributed by atoms with E-state index in [4.69, 9.17) is 4.74 Å². The lowest BCUT2D eigenvalue weighted by Crippen LogP contribution is -2.21. The summed E-state index contributed by atoms with van der Waals surface area (Å²) in [5, 5.41) is 6.47. The molecule has 1 amide bonds. The number of hydrogen-bond donors (Lipinski definition) is 1. The minimum atomic E-state index is -4.72. The van der Waals surface area contributed by atoms with Gasteiger partial charge in [-0.2, -0.15) is 13.9 Å². The number of halogens is 2. The molecule has 0 saturated carbocycles. The van der Waals surface area contributed by atoms with Crippen LogP contribution in [-0.4, -0.2) is 47.4 Å². The van der Waals surface area contributed by atoms with Crippen LogP contribution in [0, 0.1) is 6.92 Å². The van der Waals surface area contributed by atoms with Crippen LogP contribution in [-0.2, 0) is 19.4 Å². The topological polar surface area (TPSA) is 120 Å². The molecular formula is C19H16F2N4O5S. The second kappa shape index (κ2) is 9.00. The number of esters is 1. The van der Waals surface area contributed by atoms with Gasteiger partial charge in [0.1, 0.15) is 5.56 Å². The zero-order valence-corrected chi connectivity index (χ0v) is 16.8. The van der Waals surface area contributed by atoms with Crippen molar-refractivity contribution in [3.63, 3.8) is 0 Å². The Morgan fingerprint density at radius 3 is 2.48 bits per heavy atom. The molecule has 1 aromatic carbocycles. The van der Waals surface area contributed by atoms with Gasteiger partial charge < -0.3 is 10.1 Å². The molecule has 0 unspecified atom stereocenters. The third-order valence-corrected chi connectivity index (χ3v) is 5.53. The second-order valence-corrected chi connectivity index (χ2v) is 8.12. The van der Waals surface area contributed by atoms with Crippen molar-refractivity contribution in [3.8, 4) is 5.82 Å². The fourth-order valence-corrected chi connectivity index (χ4v) is 3.28. The van der Waals surface area contributed by atoms with Crippen LogP contribution in [0.2, 0.25) is 0 Å². The van der Waals surface area contributed by atoms with Gasteiger partial charge in [-0.15, -0.1) is 0 Å². The Kier molecular flexibility index (Phi) is 6.39. The van der Waals surface area contributed by atoms with Gasteiger partial charge in [-0.1, -0.05) is 6.07 Å². The molecule has 0 saturated heterocycles. The molecule has 3 rings (SSSR count). The highest BCUT2D eigenvalue weighted by Crippen LogP contribution is 2.20. The van der Waals surface area contributed by atoms with Gasteiger partial charge in [-0.25, -0.2) is 22.9 Å². The molecule has 0 aliphatic carbocycles. The average molecular weight is 450 g/mol. The summed E-state index contributed by atoms with van der Waals surface area (Å²) in [6.45, 7) is 1.03. The molecule has 0 spiro atoms. The Morgan fingerprint density at radius 1 is 1.16 bits per heavy atom. The Labute approximate surface area is 175 Å². The predicted molar refractivity (Wildman–Crippen MR) is 105 cm³/mol. The minimum absolute atomic E-state index is 0.147. The lowest BCUT2D eigenvalue weighted by Gasteiger charge is -2.08. The summed E-state index contributed by atoms with van der Waals surface area (Å²) in [7, 11) is -4.72. The van der Waals surface area contributed by atoms with Crippen LogP contribution >= 0.6 is 0 Å². The number of pyridine rings is 1. The van der Waals surface area contributed by atoms with E-state index in [2.05, 4.69) is 15.4 Å². The Morgan fingerprint density at radius 2 is 1.87 bits per heavy atom. The Balaban J connectivity index is 1.59. The molecule has 0 atom stereocenters. The standard InChI is InChI=1S/C19H16F2N4O5S/c1-12-15(10-23-25(12)16-4-2-3-9-22-16)18(27)30-11-17(26)24-13-5-7-14(8-6-13)31(28,29)19(20)21/h2-10,19H,11H2,1H3,(H,24,26). The molecule has 12 heteroatoms. The highest BCUT2D eigenvalue weighted by atomic mass is 32.2. The quantitative estimate of drug-likeness (QED) is 0.549. The van der Waals surface area contributed by atoms with E-state index in [1.807, 2.05) is 0 Å². The van der Waals surface area contributed by atoms with Crippen molar-refractivity contribution in [2.75, 3.05) is 11.9 Å². The zero-order chi connectivity index (χ0) is 22.6. The summed E-state index contributed by atoms with van der Waals surface area (Å²) < 4.78 is 54.3. The van der Waals surface area contributed by atoms with Crippen molar-refractivity contribution in [3.05, 3.63) is 66.1 Å². The zero-order valence-electron chi connectivity index (χ0n) is 16.0. The fourth-order valence-electron chi connectivity index (χ4n) is 2.56. The summed E-state index contributed by atoms with van der Waals surface area (Å²) in [6.07, 6.45) is 2.88. The van der Waals surface area contributed by atoms with E-state index in [1.165, 1.54) is 10.9 Å². The Bertz CT molecular complexity index is 1200. The van der Waals surface area contributed by atoms with Gasteiger partial charge in [-0.05, 0) is 43.3 Å². The molecule has 0 fully saturated rings. The average Bonchev–Trinajstić information content (AvgIpc) is 3.14. The van der Waals surface area contributed by atoms with Crippen molar-refractivity contribution in [2.45, 2.75) is 17.6 Å². The van der Waals surface area contributed by atoms with Gasteiger partial charge in [0.2, 0.25) is 9.84 Å². The molecule has 2 heterocycles. The molecule has 3 aromatic rings. The van der Waals surface area contributed by atoms with E-state index in [0.29, 0.717) is 11.5 Å². The Hall–Kier alpha value is -3.67. The number of carbonyl (C=O) groups excluding carboxylic acids is 2. The first kappa shape index (κ1) is 22.0. The monoisotopic (exact) mass is 450 g/mol. The normalized spacial score (nSPS) is 11.4. The predicted octanol–water partition coefficient (Wildman–Crippen LogP) is 2.37. The van der Waals surface area contributed by atoms with Crippen LogP contribution in [0.15, 0.2) is 59.8 Å². The molecule has 31 heavy (non-hydrogen) atoms. The summed E-state index contributed by atoms with van der Waals surface area (Å²) >= 11 is 0. The van der Waals surface area contributed by atoms with E-state index in [-0.39, 0.29) is 11.3 Å². The molecule has 0 aliphatic rings. The first-order chi connectivity index (χ1) is 14.7. The number of sulfone groups is 1. The van der Waals surface area contributed by atoms with E-state index >= 15 is 0 Å². The van der Waals surface area contributed by atoms with Crippen LogP contribution < -0.4 is 5.32 Å². The van der Waals surface area contributed by atoms with Gasteiger partial charge in [-0.3, -0.25) is 4.79 Å². The molecular weight excluding hydrogens is 434 g/mol. The number of ether oxygens (including phenoxy) is 1. The third kappa shape index (κ3) is 4.91. The molecule has 0 aliphatic heterocycles. The first-order valence-electron chi connectivity index (χ1n) is 8.75. The van der Waals surface area contributed by atoms with Crippen LogP contribution in [0.5, 0.6) is 0 Å². The van der Waals surface area contributed by atoms with Gasteiger partial charge in [0, 0.05) is 11.9 Å². The molecule has 162 valence electrons. The van der Waals surface area contributed by atoms with Gasteiger partial charge >= 0.3 is 11.7 Å². The largest absolute Gasteiger partial charge is 0.452 e. The second-order valence-electron chi connectivity index (χ2n) is 6.20. The number of benzene rings is 1. The molecule has 0 radical (unpaired) electrons. The molecule has 0 bridgehead atoms. The number of nitrogens with one attached hydrogen (secondary N) is 1. The van der Waals surface area contributed by atoms with E-state index < -0.39 is 39.0 Å². The van der Waals surface area contributed by atoms with E-state index in [9.17, 15) is 26.8 Å². The maximum Gasteiger partial charge on any atom is 0.342 e. The maximum atomic E-state index is 12.5. The number of carbonyl (C=O) groups is 2. The van der Waals surface area contributed by atoms with Crippen LogP contribution in [0.4, 0.5) is 14.5 Å². The van der Waals surface area contributed by atoms with Crippen molar-refractivity contribution >= 4 is 27.4 Å². The lowest BCUT2D eigenvalue weighted by molar-refractivity contribution is -0.119. The van der Waals surface area contributed by atoms with Gasteiger partial charge in [0.15, 0.2) is 12.4 Å². The molecule has 2 aromatic heterocycles. The first-order valence-corrected chi connectivity index (χ1v) is 10.3. The van der Waals surface area contributed by atoms with E-state index in [0.717, 1.165) is 24.3 Å². The van der Waals surface area contributed by atoms with Crippen molar-refractivity contribution in [1.29, 1.82) is 0 Å². The molecule has 9 nitrogen and oxygen atoms in total. The number of nitrogens with zero attached hydrogens (tertiary/aromatic N) is 3. The van der Waals surface area contributed by atoms with Gasteiger partial charge in [0.25, 0.3) is 5.91 Å². The summed E-state index contributed by atoms with van der Waals surface area (Å²) in [4.78, 5) is 27.8. The van der Waals surface area contributed by atoms with Crippen LogP contribution in [0.25, 0.3) is 5.82 Å². The number of alkyl halides is 2. The number of anilines is 1. The van der Waals surface area contributed by atoms with Crippen molar-refractivity contribution < 1.29 is 31.5 Å². The van der Waals surface area contributed by atoms with Crippen LogP contribution in [0.1, 0.15) is 16.1 Å². The summed E-state index contributed by atoms with van der Waals surface area (Å²) in [5.74, 6) is -4.51. The number of aromatic nitrogens is 3. The number of amides is 1. The maximum absolute atomic E-state index is 12.5. The minimum Gasteiger partial charge on any atom is -0.452 e.